The molecule has 0 saturated heterocycles. The summed E-state index contributed by atoms with van der Waals surface area (Å²) in [5.41, 5.74) is 1.44. The van der Waals surface area contributed by atoms with Gasteiger partial charge in [0.05, 0.1) is 18.0 Å². The minimum atomic E-state index is -2.71. The van der Waals surface area contributed by atoms with Crippen molar-refractivity contribution in [2.45, 2.75) is 12.8 Å². The van der Waals surface area contributed by atoms with Gasteiger partial charge in [-0.2, -0.15) is 5.10 Å². The number of hydrogen-bond donors (Lipinski definition) is 0. The topological polar surface area (TPSA) is 78.0 Å². The van der Waals surface area contributed by atoms with E-state index in [1.807, 2.05) is 30.3 Å². The summed E-state index contributed by atoms with van der Waals surface area (Å²) in [5.74, 6) is -0.603. The Morgan fingerprint density at radius 2 is 1.97 bits per heavy atom. The van der Waals surface area contributed by atoms with Crippen molar-refractivity contribution >= 4 is 22.8 Å². The van der Waals surface area contributed by atoms with Crippen LogP contribution in [0.3, 0.4) is 0 Å². The summed E-state index contributed by atoms with van der Waals surface area (Å²) in [6, 6.07) is 10.7. The van der Waals surface area contributed by atoms with E-state index in [2.05, 4.69) is 20.2 Å². The number of hydrogen-bond acceptors (Lipinski definition) is 6. The van der Waals surface area contributed by atoms with Crippen LogP contribution < -0.4 is 0 Å². The first-order chi connectivity index (χ1) is 15.9. The summed E-state index contributed by atoms with van der Waals surface area (Å²) in [7, 11) is 1.56. The fourth-order valence-corrected chi connectivity index (χ4v) is 4.30. The minimum absolute atomic E-state index is 0.138. The van der Waals surface area contributed by atoms with Crippen LogP contribution in [-0.2, 0) is 13.5 Å². The number of nitrogens with zero attached hydrogens (tertiary/aromatic N) is 6. The van der Waals surface area contributed by atoms with E-state index in [1.54, 1.807) is 7.05 Å². The van der Waals surface area contributed by atoms with Crippen LogP contribution in [0.5, 0.6) is 0 Å². The van der Waals surface area contributed by atoms with E-state index in [9.17, 15) is 18.0 Å². The lowest BCUT2D eigenvalue weighted by atomic mass is 10.1. The van der Waals surface area contributed by atoms with Crippen LogP contribution in [-0.4, -0.2) is 35.1 Å². The maximum absolute atomic E-state index is 14.8. The molecule has 0 radical (unpaired) electrons. The highest BCUT2D eigenvalue weighted by molar-refractivity contribution is 7.13. The van der Waals surface area contributed by atoms with E-state index in [1.165, 1.54) is 33.0 Å². The highest BCUT2D eigenvalue weighted by atomic mass is 32.1. The molecule has 166 valence electrons. The number of carbonyl (C=O) groups is 1. The van der Waals surface area contributed by atoms with Gasteiger partial charge in [0.25, 0.3) is 6.43 Å². The van der Waals surface area contributed by atoms with Gasteiger partial charge >= 0.3 is 0 Å². The Bertz CT molecular complexity index is 1470. The Morgan fingerprint density at radius 3 is 2.70 bits per heavy atom. The molecule has 0 aliphatic rings. The largest absolute Gasteiger partial charge is 0.292 e. The van der Waals surface area contributed by atoms with Crippen molar-refractivity contribution in [3.63, 3.8) is 0 Å². The molecule has 11 heteroatoms. The molecule has 0 N–H and O–H groups in total. The van der Waals surface area contributed by atoms with Gasteiger partial charge in [0, 0.05) is 30.0 Å². The zero-order chi connectivity index (χ0) is 23.1. The number of pyridine rings is 1. The SMILES string of the molecule is Cn1ncc(-c2nc(C(F)F)cs2)c1C(=O)Cc1cc2nc(-c3ccccc3)nn2cc1F. The first-order valence-electron chi connectivity index (χ1n) is 9.80. The third kappa shape index (κ3) is 3.91. The normalized spacial score (nSPS) is 11.5. The van der Waals surface area contributed by atoms with Gasteiger partial charge in [-0.15, -0.1) is 16.4 Å². The van der Waals surface area contributed by atoms with Crippen molar-refractivity contribution in [1.29, 1.82) is 0 Å². The van der Waals surface area contributed by atoms with Gasteiger partial charge in [0.2, 0.25) is 0 Å². The van der Waals surface area contributed by atoms with E-state index in [0.29, 0.717) is 17.0 Å². The number of fused-ring (bicyclic) bond motifs is 1. The number of halogens is 3. The van der Waals surface area contributed by atoms with Gasteiger partial charge in [0.1, 0.15) is 22.2 Å². The molecule has 0 saturated carbocycles. The summed E-state index contributed by atoms with van der Waals surface area (Å²) >= 11 is 0.996. The van der Waals surface area contributed by atoms with E-state index in [-0.39, 0.29) is 28.4 Å². The van der Waals surface area contributed by atoms with Crippen molar-refractivity contribution in [3.8, 4) is 22.0 Å². The lowest BCUT2D eigenvalue weighted by Gasteiger charge is -2.06. The van der Waals surface area contributed by atoms with Gasteiger partial charge in [0.15, 0.2) is 17.3 Å². The van der Waals surface area contributed by atoms with Crippen LogP contribution >= 0.6 is 11.3 Å². The summed E-state index contributed by atoms with van der Waals surface area (Å²) in [5, 5.41) is 9.86. The van der Waals surface area contributed by atoms with Crippen molar-refractivity contribution in [1.82, 2.24) is 29.4 Å². The van der Waals surface area contributed by atoms with Crippen LogP contribution in [0.1, 0.15) is 28.2 Å². The molecule has 33 heavy (non-hydrogen) atoms. The number of aromatic nitrogens is 6. The number of alkyl halides is 2. The molecule has 0 aliphatic heterocycles. The summed E-state index contributed by atoms with van der Waals surface area (Å²) in [4.78, 5) is 21.4. The molecule has 7 nitrogen and oxygen atoms in total. The quantitative estimate of drug-likeness (QED) is 0.336. The van der Waals surface area contributed by atoms with Crippen molar-refractivity contribution in [2.75, 3.05) is 0 Å². The third-order valence-corrected chi connectivity index (χ3v) is 5.96. The fourth-order valence-electron chi connectivity index (χ4n) is 3.48. The predicted octanol–water partition coefficient (Wildman–Crippen LogP) is 4.76. The highest BCUT2D eigenvalue weighted by Crippen LogP contribution is 2.31. The van der Waals surface area contributed by atoms with Gasteiger partial charge in [-0.3, -0.25) is 9.48 Å². The number of aryl methyl sites for hydroxylation is 1. The number of Topliss-reactive ketones (excluding diaryl/α,β-unsaturated/α-hetero) is 1. The molecule has 5 aromatic rings. The maximum Gasteiger partial charge on any atom is 0.281 e. The average molecular weight is 468 g/mol. The Balaban J connectivity index is 1.47. The van der Waals surface area contributed by atoms with E-state index >= 15 is 0 Å². The lowest BCUT2D eigenvalue weighted by molar-refractivity contribution is 0.0983. The Morgan fingerprint density at radius 1 is 1.18 bits per heavy atom. The molecule has 0 unspecified atom stereocenters. The lowest BCUT2D eigenvalue weighted by Crippen LogP contribution is -2.12. The van der Waals surface area contributed by atoms with Crippen molar-refractivity contribution in [2.24, 2.45) is 7.05 Å². The zero-order valence-electron chi connectivity index (χ0n) is 17.1. The number of rotatable bonds is 6. The first-order valence-corrected chi connectivity index (χ1v) is 10.7. The second-order valence-corrected chi connectivity index (χ2v) is 8.12. The van der Waals surface area contributed by atoms with Gasteiger partial charge < -0.3 is 0 Å². The van der Waals surface area contributed by atoms with Crippen LogP contribution in [0.15, 0.2) is 54.2 Å². The molecule has 0 atom stereocenters. The molecule has 0 spiro atoms. The Labute approximate surface area is 189 Å². The molecular formula is C22H15F3N6OS. The average Bonchev–Trinajstić information content (AvgIpc) is 3.52. The van der Waals surface area contributed by atoms with Crippen molar-refractivity contribution in [3.05, 3.63) is 76.9 Å². The maximum atomic E-state index is 14.8. The zero-order valence-corrected chi connectivity index (χ0v) is 17.9. The minimum Gasteiger partial charge on any atom is -0.292 e. The number of ketones is 1. The first kappa shape index (κ1) is 21.0. The van der Waals surface area contributed by atoms with Crippen LogP contribution in [0.4, 0.5) is 13.2 Å². The molecule has 0 aliphatic carbocycles. The van der Waals surface area contributed by atoms with Gasteiger partial charge in [-0.1, -0.05) is 30.3 Å². The summed E-state index contributed by atoms with van der Waals surface area (Å²) < 4.78 is 43.3. The van der Waals surface area contributed by atoms with E-state index in [0.717, 1.165) is 16.9 Å². The van der Waals surface area contributed by atoms with Crippen molar-refractivity contribution < 1.29 is 18.0 Å². The van der Waals surface area contributed by atoms with Gasteiger partial charge in [-0.05, 0) is 6.07 Å². The third-order valence-electron chi connectivity index (χ3n) is 5.07. The van der Waals surface area contributed by atoms with Crippen LogP contribution in [0.2, 0.25) is 0 Å². The molecular weight excluding hydrogens is 453 g/mol. The molecule has 4 heterocycles. The molecule has 1 aromatic carbocycles. The number of thiazole rings is 1. The standard InChI is InChI=1S/C22H15F3N6OS/c1-30-19(14(9-26-30)22-27-16(11-33-22)20(24)25)17(32)7-13-8-18-28-21(12-5-3-2-4-6-12)29-31(18)10-15(13)23/h2-6,8-11,20H,7H2,1H3. The predicted molar refractivity (Wildman–Crippen MR) is 116 cm³/mol. The van der Waals surface area contributed by atoms with E-state index < -0.39 is 18.0 Å². The molecule has 0 fully saturated rings. The molecule has 0 bridgehead atoms. The van der Waals surface area contributed by atoms with Crippen LogP contribution in [0.25, 0.3) is 27.6 Å². The monoisotopic (exact) mass is 468 g/mol. The second-order valence-electron chi connectivity index (χ2n) is 7.26. The summed E-state index contributed by atoms with van der Waals surface area (Å²) in [6.07, 6.45) is -0.409. The highest BCUT2D eigenvalue weighted by Gasteiger charge is 2.23. The van der Waals surface area contributed by atoms with Crippen LogP contribution in [0, 0.1) is 5.82 Å². The molecule has 5 rings (SSSR count). The second kappa shape index (κ2) is 8.24. The van der Waals surface area contributed by atoms with Gasteiger partial charge in [-0.25, -0.2) is 27.7 Å². The Hall–Kier alpha value is -3.86. The molecule has 0 amide bonds. The van der Waals surface area contributed by atoms with E-state index in [4.69, 9.17) is 0 Å². The number of carbonyl (C=O) groups excluding carboxylic acids is 1. The Kier molecular flexibility index (Phi) is 5.25. The smallest absolute Gasteiger partial charge is 0.281 e. The summed E-state index contributed by atoms with van der Waals surface area (Å²) in [6.45, 7) is 0. The fraction of sp³-hybridized carbons (Fsp3) is 0.136. The number of benzene rings is 1. The molecule has 4 aromatic heterocycles.